The molecule has 2 heterocycles. The lowest BCUT2D eigenvalue weighted by molar-refractivity contribution is -0.131. The molecular weight excluding hydrogens is 518 g/mol. The van der Waals surface area contributed by atoms with E-state index in [2.05, 4.69) is 21.2 Å². The number of methoxy groups -OCH3 is 1. The number of halogens is 1. The first kappa shape index (κ1) is 26.1. The third kappa shape index (κ3) is 5.81. The zero-order chi connectivity index (χ0) is 26.3. The predicted molar refractivity (Wildman–Crippen MR) is 154 cm³/mol. The standard InChI is InChI=1S/C29H30ClN5O2S/c1-37-26-15-8-7-14-25(26)33-17-19-34(20-18-33)27(36)16-9-21-38-29-32-31-28(23-12-5-6-13-24(23)30)35(29)22-10-3-2-4-11-22/h2-8,10-15H,9,16-21H2,1H3. The minimum absolute atomic E-state index is 0.201. The molecule has 4 aromatic rings. The minimum Gasteiger partial charge on any atom is -0.495 e. The summed E-state index contributed by atoms with van der Waals surface area (Å²) >= 11 is 8.09. The summed E-state index contributed by atoms with van der Waals surface area (Å²) < 4.78 is 7.53. The molecule has 0 N–H and O–H groups in total. The maximum absolute atomic E-state index is 12.9. The quantitative estimate of drug-likeness (QED) is 0.194. The second-order valence-electron chi connectivity index (χ2n) is 8.95. The Balaban J connectivity index is 1.18. The van der Waals surface area contributed by atoms with Gasteiger partial charge in [-0.05, 0) is 42.8 Å². The predicted octanol–water partition coefficient (Wildman–Crippen LogP) is 5.82. The fraction of sp³-hybridized carbons (Fsp3) is 0.276. The summed E-state index contributed by atoms with van der Waals surface area (Å²) in [4.78, 5) is 17.2. The number of aromatic nitrogens is 3. The molecule has 38 heavy (non-hydrogen) atoms. The van der Waals surface area contributed by atoms with Crippen molar-refractivity contribution in [3.8, 4) is 22.8 Å². The van der Waals surface area contributed by atoms with Gasteiger partial charge in [-0.25, -0.2) is 0 Å². The minimum atomic E-state index is 0.201. The van der Waals surface area contributed by atoms with Crippen LogP contribution >= 0.6 is 23.4 Å². The molecule has 5 rings (SSSR count). The average Bonchev–Trinajstić information content (AvgIpc) is 3.39. The van der Waals surface area contributed by atoms with Gasteiger partial charge in [-0.3, -0.25) is 9.36 Å². The summed E-state index contributed by atoms with van der Waals surface area (Å²) in [7, 11) is 1.69. The lowest BCUT2D eigenvalue weighted by atomic mass is 10.2. The number of rotatable bonds is 9. The van der Waals surface area contributed by atoms with E-state index in [0.29, 0.717) is 30.4 Å². The van der Waals surface area contributed by atoms with Crippen molar-refractivity contribution >= 4 is 35.0 Å². The second kappa shape index (κ2) is 12.4. The number of nitrogens with zero attached hydrogens (tertiary/aromatic N) is 5. The van der Waals surface area contributed by atoms with Crippen molar-refractivity contribution in [1.82, 2.24) is 19.7 Å². The number of carbonyl (C=O) groups is 1. The van der Waals surface area contributed by atoms with E-state index >= 15 is 0 Å². The van der Waals surface area contributed by atoms with Crippen molar-refractivity contribution < 1.29 is 9.53 Å². The van der Waals surface area contributed by atoms with Gasteiger partial charge in [0.05, 0.1) is 17.8 Å². The summed E-state index contributed by atoms with van der Waals surface area (Å²) in [5.41, 5.74) is 2.89. The molecule has 0 atom stereocenters. The number of amides is 1. The number of ether oxygens (including phenoxy) is 1. The number of piperazine rings is 1. The number of para-hydroxylation sites is 3. The molecule has 1 amide bonds. The number of hydrogen-bond donors (Lipinski definition) is 0. The molecule has 0 unspecified atom stereocenters. The molecule has 0 bridgehead atoms. The highest BCUT2D eigenvalue weighted by Crippen LogP contribution is 2.32. The third-order valence-electron chi connectivity index (χ3n) is 6.59. The SMILES string of the molecule is COc1ccccc1N1CCN(C(=O)CCCSc2nnc(-c3ccccc3Cl)n2-c2ccccc2)CC1. The zero-order valence-electron chi connectivity index (χ0n) is 21.3. The van der Waals surface area contributed by atoms with Crippen LogP contribution in [0.3, 0.4) is 0 Å². The van der Waals surface area contributed by atoms with E-state index in [4.69, 9.17) is 16.3 Å². The average molecular weight is 548 g/mol. The van der Waals surface area contributed by atoms with E-state index in [-0.39, 0.29) is 5.91 Å². The van der Waals surface area contributed by atoms with Crippen LogP contribution in [-0.2, 0) is 4.79 Å². The van der Waals surface area contributed by atoms with E-state index < -0.39 is 0 Å². The van der Waals surface area contributed by atoms with Crippen molar-refractivity contribution in [3.05, 3.63) is 83.9 Å². The highest BCUT2D eigenvalue weighted by Gasteiger charge is 2.23. The third-order valence-corrected chi connectivity index (χ3v) is 7.93. The van der Waals surface area contributed by atoms with Crippen molar-refractivity contribution in [2.24, 2.45) is 0 Å². The first-order valence-corrected chi connectivity index (χ1v) is 14.1. The maximum Gasteiger partial charge on any atom is 0.222 e. The van der Waals surface area contributed by atoms with Crippen molar-refractivity contribution in [3.63, 3.8) is 0 Å². The van der Waals surface area contributed by atoms with Crippen LogP contribution in [0.1, 0.15) is 12.8 Å². The summed E-state index contributed by atoms with van der Waals surface area (Å²) in [5.74, 6) is 2.53. The van der Waals surface area contributed by atoms with Gasteiger partial charge in [-0.2, -0.15) is 0 Å². The number of carbonyl (C=O) groups excluding carboxylic acids is 1. The molecule has 1 fully saturated rings. The van der Waals surface area contributed by atoms with Crippen molar-refractivity contribution in [1.29, 1.82) is 0 Å². The smallest absolute Gasteiger partial charge is 0.222 e. The zero-order valence-corrected chi connectivity index (χ0v) is 22.9. The number of hydrogen-bond acceptors (Lipinski definition) is 6. The Morgan fingerprint density at radius 3 is 2.39 bits per heavy atom. The van der Waals surface area contributed by atoms with Crippen LogP contribution in [0.15, 0.2) is 84.0 Å². The molecule has 0 saturated carbocycles. The molecule has 7 nitrogen and oxygen atoms in total. The largest absolute Gasteiger partial charge is 0.495 e. The highest BCUT2D eigenvalue weighted by molar-refractivity contribution is 7.99. The molecule has 0 radical (unpaired) electrons. The Morgan fingerprint density at radius 2 is 1.63 bits per heavy atom. The normalized spacial score (nSPS) is 13.5. The monoisotopic (exact) mass is 547 g/mol. The van der Waals surface area contributed by atoms with Gasteiger partial charge in [0.1, 0.15) is 5.75 Å². The molecule has 0 aliphatic carbocycles. The van der Waals surface area contributed by atoms with Gasteiger partial charge < -0.3 is 14.5 Å². The van der Waals surface area contributed by atoms with Gasteiger partial charge in [0, 0.05) is 49.6 Å². The molecule has 1 aliphatic heterocycles. The van der Waals surface area contributed by atoms with Gasteiger partial charge in [-0.15, -0.1) is 10.2 Å². The highest BCUT2D eigenvalue weighted by atomic mass is 35.5. The first-order valence-electron chi connectivity index (χ1n) is 12.7. The Bertz CT molecular complexity index is 1370. The number of benzene rings is 3. The Labute approximate surface area is 232 Å². The van der Waals surface area contributed by atoms with Gasteiger partial charge in [-0.1, -0.05) is 65.8 Å². The van der Waals surface area contributed by atoms with E-state index in [1.54, 1.807) is 18.9 Å². The van der Waals surface area contributed by atoms with E-state index in [1.807, 2.05) is 82.3 Å². The van der Waals surface area contributed by atoms with Crippen molar-refractivity contribution in [2.75, 3.05) is 43.9 Å². The number of thioether (sulfide) groups is 1. The van der Waals surface area contributed by atoms with Gasteiger partial charge in [0.15, 0.2) is 11.0 Å². The van der Waals surface area contributed by atoms with Gasteiger partial charge in [0.2, 0.25) is 5.91 Å². The Hall–Kier alpha value is -3.49. The van der Waals surface area contributed by atoms with Gasteiger partial charge in [0.25, 0.3) is 0 Å². The molecule has 1 aromatic heterocycles. The Kier molecular flexibility index (Phi) is 8.51. The van der Waals surface area contributed by atoms with E-state index in [0.717, 1.165) is 53.1 Å². The summed E-state index contributed by atoms with van der Waals surface area (Å²) in [6, 6.07) is 25.7. The molecule has 0 spiro atoms. The summed E-state index contributed by atoms with van der Waals surface area (Å²) in [6.07, 6.45) is 1.28. The second-order valence-corrected chi connectivity index (χ2v) is 10.4. The lowest BCUT2D eigenvalue weighted by Gasteiger charge is -2.36. The summed E-state index contributed by atoms with van der Waals surface area (Å²) in [6.45, 7) is 3.03. The van der Waals surface area contributed by atoms with Crippen LogP contribution < -0.4 is 9.64 Å². The van der Waals surface area contributed by atoms with Crippen LogP contribution in [0.5, 0.6) is 5.75 Å². The van der Waals surface area contributed by atoms with Crippen LogP contribution in [-0.4, -0.2) is 64.6 Å². The van der Waals surface area contributed by atoms with Crippen LogP contribution in [0.25, 0.3) is 17.1 Å². The molecule has 196 valence electrons. The fourth-order valence-corrected chi connectivity index (χ4v) is 5.73. The molecule has 9 heteroatoms. The van der Waals surface area contributed by atoms with Crippen LogP contribution in [0.4, 0.5) is 5.69 Å². The van der Waals surface area contributed by atoms with Crippen molar-refractivity contribution in [2.45, 2.75) is 18.0 Å². The lowest BCUT2D eigenvalue weighted by Crippen LogP contribution is -2.48. The maximum atomic E-state index is 12.9. The van der Waals surface area contributed by atoms with E-state index in [1.165, 1.54) is 0 Å². The summed E-state index contributed by atoms with van der Waals surface area (Å²) in [5, 5.41) is 10.4. The molecule has 3 aromatic carbocycles. The number of anilines is 1. The first-order chi connectivity index (χ1) is 18.7. The van der Waals surface area contributed by atoms with Crippen LogP contribution in [0.2, 0.25) is 5.02 Å². The molecule has 1 aliphatic rings. The molecular formula is C29H30ClN5O2S. The van der Waals surface area contributed by atoms with Crippen LogP contribution in [0, 0.1) is 0 Å². The fourth-order valence-electron chi connectivity index (χ4n) is 4.62. The molecule has 1 saturated heterocycles. The van der Waals surface area contributed by atoms with Gasteiger partial charge >= 0.3 is 0 Å². The van der Waals surface area contributed by atoms with E-state index in [9.17, 15) is 4.79 Å². The Morgan fingerprint density at radius 1 is 0.921 bits per heavy atom. The topological polar surface area (TPSA) is 63.5 Å².